The topological polar surface area (TPSA) is 119 Å². The number of rotatable bonds is 32. The zero-order chi connectivity index (χ0) is 34.6. The number of carboxylic acid groups (broad SMARTS) is 1. The lowest BCUT2D eigenvalue weighted by Crippen LogP contribution is -2.40. The highest BCUT2D eigenvalue weighted by molar-refractivity contribution is 5.83. The van der Waals surface area contributed by atoms with Gasteiger partial charge in [0.2, 0.25) is 5.91 Å². The smallest absolute Gasteiger partial charge is 0.326 e. The molecule has 0 rings (SSSR count). The monoisotopic (exact) mass is 657 g/mol. The molecule has 0 aromatic carbocycles. The number of hydrogen-bond donors (Lipinski definition) is 3. The summed E-state index contributed by atoms with van der Waals surface area (Å²) in [4.78, 5) is 36.1. The Balaban J connectivity index is 4.52. The van der Waals surface area contributed by atoms with Crippen molar-refractivity contribution < 1.29 is 24.2 Å². The van der Waals surface area contributed by atoms with Gasteiger partial charge < -0.3 is 20.9 Å². The first-order valence-electron chi connectivity index (χ1n) is 18.6. The highest BCUT2D eigenvalue weighted by atomic mass is 16.5. The third kappa shape index (κ3) is 31.4. The zero-order valence-electron chi connectivity index (χ0n) is 29.8. The van der Waals surface area contributed by atoms with Gasteiger partial charge in [-0.2, -0.15) is 0 Å². The summed E-state index contributed by atoms with van der Waals surface area (Å²) in [6.45, 7) is 4.78. The van der Waals surface area contributed by atoms with Gasteiger partial charge in [0.15, 0.2) is 0 Å². The Labute approximate surface area is 287 Å². The minimum atomic E-state index is -1.02. The second-order valence-corrected chi connectivity index (χ2v) is 12.2. The van der Waals surface area contributed by atoms with Crippen LogP contribution in [0.3, 0.4) is 0 Å². The fraction of sp³-hybridized carbons (Fsp3) is 0.675. The average Bonchev–Trinajstić information content (AvgIpc) is 3.05. The molecule has 0 aliphatic heterocycles. The van der Waals surface area contributed by atoms with Gasteiger partial charge >= 0.3 is 11.9 Å². The molecule has 0 bridgehead atoms. The standard InChI is InChI=1S/C40H68N2O5/c1-3-5-7-9-11-13-14-15-16-18-20-22-28-34-39(44)47-36(30-25-21-19-17-12-10-8-6-4-2)31-26-23-24-27-33-38(43)42-37(40(45)46)32-29-35-41/h5,7,11,13,15-16,20,22,25,30,36-37H,3-4,6,8-10,12,14,17-19,21,23-24,26-29,31-35,41H2,1-2H3,(H,42,43)(H,45,46)/b7-5-,13-11-,16-15-,22-20-,30-25-. The van der Waals surface area contributed by atoms with E-state index in [9.17, 15) is 19.5 Å². The number of unbranched alkanes of at least 4 members (excludes halogenated alkanes) is 10. The van der Waals surface area contributed by atoms with E-state index in [-0.39, 0.29) is 18.0 Å². The number of nitrogens with one attached hydrogen (secondary N) is 1. The lowest BCUT2D eigenvalue weighted by molar-refractivity contribution is -0.147. The average molecular weight is 657 g/mol. The second kappa shape index (κ2) is 34.4. The van der Waals surface area contributed by atoms with Gasteiger partial charge in [-0.1, -0.05) is 120 Å². The van der Waals surface area contributed by atoms with Crippen LogP contribution in [0.4, 0.5) is 0 Å². The molecule has 4 N–H and O–H groups in total. The van der Waals surface area contributed by atoms with Crippen LogP contribution in [0.25, 0.3) is 0 Å². The Bertz CT molecular complexity index is 922. The number of esters is 1. The molecule has 0 radical (unpaired) electrons. The summed E-state index contributed by atoms with van der Waals surface area (Å²) in [5.41, 5.74) is 5.47. The zero-order valence-corrected chi connectivity index (χ0v) is 29.8. The Hall–Kier alpha value is -2.93. The fourth-order valence-corrected chi connectivity index (χ4v) is 5.02. The molecule has 47 heavy (non-hydrogen) atoms. The Morgan fingerprint density at radius 1 is 0.660 bits per heavy atom. The van der Waals surface area contributed by atoms with Crippen molar-refractivity contribution in [1.29, 1.82) is 0 Å². The van der Waals surface area contributed by atoms with E-state index in [0.29, 0.717) is 45.1 Å². The third-order valence-electron chi connectivity index (χ3n) is 7.81. The summed E-state index contributed by atoms with van der Waals surface area (Å²) in [6.07, 6.45) is 41.3. The number of aliphatic carboxylic acids is 1. The van der Waals surface area contributed by atoms with Crippen LogP contribution in [0.2, 0.25) is 0 Å². The largest absolute Gasteiger partial charge is 0.480 e. The van der Waals surface area contributed by atoms with Crippen molar-refractivity contribution in [3.05, 3.63) is 60.8 Å². The number of allylic oxidation sites excluding steroid dienone is 9. The van der Waals surface area contributed by atoms with E-state index >= 15 is 0 Å². The van der Waals surface area contributed by atoms with Crippen LogP contribution in [-0.2, 0) is 19.1 Å². The Morgan fingerprint density at radius 3 is 1.89 bits per heavy atom. The first kappa shape index (κ1) is 44.1. The van der Waals surface area contributed by atoms with Crippen LogP contribution in [0.1, 0.15) is 155 Å². The molecule has 0 aliphatic rings. The van der Waals surface area contributed by atoms with E-state index in [2.05, 4.69) is 79.9 Å². The number of ether oxygens (including phenoxy) is 1. The van der Waals surface area contributed by atoms with E-state index in [1.807, 2.05) is 0 Å². The van der Waals surface area contributed by atoms with Gasteiger partial charge in [-0.15, -0.1) is 0 Å². The van der Waals surface area contributed by atoms with Crippen molar-refractivity contribution in [1.82, 2.24) is 5.32 Å². The highest BCUT2D eigenvalue weighted by Crippen LogP contribution is 2.14. The molecular formula is C40H68N2O5. The highest BCUT2D eigenvalue weighted by Gasteiger charge is 2.18. The summed E-state index contributed by atoms with van der Waals surface area (Å²) < 4.78 is 5.86. The SMILES string of the molecule is CC/C=C\C/C=C\C/C=C\C/C=C\CCC(=O)OC(/C=C\CCCCCCCCC)CCCCCCC(=O)NC(CCCN)C(=O)O. The minimum Gasteiger partial charge on any atom is -0.480 e. The summed E-state index contributed by atoms with van der Waals surface area (Å²) in [7, 11) is 0. The maximum absolute atomic E-state index is 12.6. The third-order valence-corrected chi connectivity index (χ3v) is 7.81. The van der Waals surface area contributed by atoms with Gasteiger partial charge in [0, 0.05) is 12.8 Å². The van der Waals surface area contributed by atoms with Crippen molar-refractivity contribution in [2.45, 2.75) is 167 Å². The number of nitrogens with two attached hydrogens (primary N) is 1. The van der Waals surface area contributed by atoms with Crippen molar-refractivity contribution in [3.63, 3.8) is 0 Å². The summed E-state index contributed by atoms with van der Waals surface area (Å²) in [6, 6.07) is -0.878. The summed E-state index contributed by atoms with van der Waals surface area (Å²) in [5, 5.41) is 11.9. The van der Waals surface area contributed by atoms with Gasteiger partial charge in [-0.05, 0) is 89.7 Å². The van der Waals surface area contributed by atoms with Crippen molar-refractivity contribution >= 4 is 17.8 Å². The van der Waals surface area contributed by atoms with Gasteiger partial charge in [-0.25, -0.2) is 4.79 Å². The molecule has 7 heteroatoms. The molecule has 7 nitrogen and oxygen atoms in total. The lowest BCUT2D eigenvalue weighted by atomic mass is 10.1. The molecular weight excluding hydrogens is 588 g/mol. The number of carbonyl (C=O) groups is 3. The molecule has 0 heterocycles. The molecule has 268 valence electrons. The molecule has 2 unspecified atom stereocenters. The van der Waals surface area contributed by atoms with E-state index < -0.39 is 12.0 Å². The molecule has 0 aromatic heterocycles. The quantitative estimate of drug-likeness (QED) is 0.0377. The van der Waals surface area contributed by atoms with Crippen LogP contribution >= 0.6 is 0 Å². The first-order chi connectivity index (χ1) is 22.9. The van der Waals surface area contributed by atoms with Crippen molar-refractivity contribution in [2.75, 3.05) is 6.54 Å². The van der Waals surface area contributed by atoms with Crippen LogP contribution < -0.4 is 11.1 Å². The number of carbonyl (C=O) groups excluding carboxylic acids is 2. The number of carboxylic acids is 1. The van der Waals surface area contributed by atoms with Crippen molar-refractivity contribution in [2.24, 2.45) is 5.73 Å². The maximum Gasteiger partial charge on any atom is 0.326 e. The second-order valence-electron chi connectivity index (χ2n) is 12.2. The lowest BCUT2D eigenvalue weighted by Gasteiger charge is -2.15. The molecule has 0 fully saturated rings. The first-order valence-corrected chi connectivity index (χ1v) is 18.6. The molecule has 0 saturated carbocycles. The molecule has 2 atom stereocenters. The minimum absolute atomic E-state index is 0.169. The van der Waals surface area contributed by atoms with Crippen LogP contribution in [-0.4, -0.2) is 41.6 Å². The van der Waals surface area contributed by atoms with Crippen molar-refractivity contribution in [3.8, 4) is 0 Å². The maximum atomic E-state index is 12.6. The normalized spacial score (nSPS) is 13.4. The molecule has 0 spiro atoms. The molecule has 0 saturated heterocycles. The molecule has 0 aliphatic carbocycles. The number of hydrogen-bond acceptors (Lipinski definition) is 5. The Kier molecular flexibility index (Phi) is 32.3. The van der Waals surface area contributed by atoms with Crippen LogP contribution in [0, 0.1) is 0 Å². The molecule has 0 aromatic rings. The van der Waals surface area contributed by atoms with Gasteiger partial charge in [-0.3, -0.25) is 9.59 Å². The predicted molar refractivity (Wildman–Crippen MR) is 197 cm³/mol. The van der Waals surface area contributed by atoms with E-state index in [0.717, 1.165) is 64.2 Å². The summed E-state index contributed by atoms with van der Waals surface area (Å²) >= 11 is 0. The summed E-state index contributed by atoms with van der Waals surface area (Å²) in [5.74, 6) is -1.43. The fourth-order valence-electron chi connectivity index (χ4n) is 5.02. The van der Waals surface area contributed by atoms with Crippen LogP contribution in [0.15, 0.2) is 60.8 Å². The van der Waals surface area contributed by atoms with Gasteiger partial charge in [0.25, 0.3) is 0 Å². The Morgan fingerprint density at radius 2 is 1.26 bits per heavy atom. The van der Waals surface area contributed by atoms with Crippen LogP contribution in [0.5, 0.6) is 0 Å². The van der Waals surface area contributed by atoms with E-state index in [1.165, 1.54) is 38.5 Å². The van der Waals surface area contributed by atoms with E-state index in [4.69, 9.17) is 10.5 Å². The predicted octanol–water partition coefficient (Wildman–Crippen LogP) is 9.83. The van der Waals surface area contributed by atoms with Gasteiger partial charge in [0.05, 0.1) is 0 Å². The number of amides is 1. The molecule has 1 amide bonds. The van der Waals surface area contributed by atoms with E-state index in [1.54, 1.807) is 0 Å². The van der Waals surface area contributed by atoms with Gasteiger partial charge in [0.1, 0.15) is 12.1 Å².